The molecule has 1 atom stereocenters. The zero-order chi connectivity index (χ0) is 27.1. The van der Waals surface area contributed by atoms with Crippen molar-refractivity contribution in [2.24, 2.45) is 0 Å². The molecule has 0 spiro atoms. The van der Waals surface area contributed by atoms with Crippen LogP contribution in [0.2, 0.25) is 5.02 Å². The summed E-state index contributed by atoms with van der Waals surface area (Å²) in [6.45, 7) is -2.01. The highest BCUT2D eigenvalue weighted by atomic mass is 35.5. The van der Waals surface area contributed by atoms with E-state index in [0.29, 0.717) is 13.9 Å². The van der Waals surface area contributed by atoms with Crippen LogP contribution < -0.4 is 5.69 Å². The van der Waals surface area contributed by atoms with Gasteiger partial charge >= 0.3 is 18.0 Å². The first-order valence-corrected chi connectivity index (χ1v) is 10.6. The third kappa shape index (κ3) is 5.67. The maximum atomic E-state index is 13.6. The lowest BCUT2D eigenvalue weighted by Gasteiger charge is -2.15. The van der Waals surface area contributed by atoms with Crippen molar-refractivity contribution in [1.29, 1.82) is 0 Å². The van der Waals surface area contributed by atoms with Crippen molar-refractivity contribution in [3.8, 4) is 17.1 Å². The van der Waals surface area contributed by atoms with Gasteiger partial charge in [0.2, 0.25) is 5.82 Å². The normalized spacial score (nSPS) is 13.2. The van der Waals surface area contributed by atoms with Gasteiger partial charge in [-0.25, -0.2) is 23.5 Å². The van der Waals surface area contributed by atoms with Gasteiger partial charge in [0.15, 0.2) is 17.8 Å². The summed E-state index contributed by atoms with van der Waals surface area (Å²) in [7, 11) is 0. The van der Waals surface area contributed by atoms with Crippen LogP contribution in [0.3, 0.4) is 0 Å². The van der Waals surface area contributed by atoms with Gasteiger partial charge in [0.1, 0.15) is 12.4 Å². The highest BCUT2D eigenvalue weighted by Gasteiger charge is 2.40. The van der Waals surface area contributed by atoms with Gasteiger partial charge in [0, 0.05) is 10.6 Å². The number of hydrogen-bond donors (Lipinski definition) is 1. The van der Waals surface area contributed by atoms with E-state index in [4.69, 9.17) is 11.6 Å². The monoisotopic (exact) mass is 550 g/mol. The molecule has 8 nitrogen and oxygen atoms in total. The van der Waals surface area contributed by atoms with Crippen molar-refractivity contribution in [3.63, 3.8) is 0 Å². The second kappa shape index (κ2) is 9.63. The molecule has 16 heteroatoms. The van der Waals surface area contributed by atoms with Gasteiger partial charge in [0.05, 0.1) is 12.2 Å². The van der Waals surface area contributed by atoms with E-state index in [2.05, 4.69) is 15.2 Å². The molecule has 2 aromatic carbocycles. The smallest absolute Gasteiger partial charge is 0.382 e. The summed E-state index contributed by atoms with van der Waals surface area (Å²) >= 11 is 5.82. The van der Waals surface area contributed by atoms with Gasteiger partial charge < -0.3 is 5.11 Å². The molecule has 0 amide bonds. The number of halogens is 8. The zero-order valence-corrected chi connectivity index (χ0v) is 18.9. The molecule has 0 aliphatic heterocycles. The molecule has 0 saturated heterocycles. The first-order valence-electron chi connectivity index (χ1n) is 10.2. The van der Waals surface area contributed by atoms with Crippen LogP contribution in [0, 0.1) is 5.82 Å². The number of nitrogens with zero attached hydrogens (tertiary/aromatic N) is 6. The Labute approximate surface area is 207 Å². The Kier molecular flexibility index (Phi) is 6.85. The second-order valence-corrected chi connectivity index (χ2v) is 8.12. The Morgan fingerprint density at radius 3 is 2.27 bits per heavy atom. The lowest BCUT2D eigenvalue weighted by Crippen LogP contribution is -2.37. The van der Waals surface area contributed by atoms with E-state index in [1.807, 2.05) is 0 Å². The minimum Gasteiger partial charge on any atom is -0.382 e. The first kappa shape index (κ1) is 26.3. The summed E-state index contributed by atoms with van der Waals surface area (Å²) in [5.74, 6) is -3.26. The lowest BCUT2D eigenvalue weighted by atomic mass is 10.2. The van der Waals surface area contributed by atoms with Gasteiger partial charge in [-0.1, -0.05) is 17.7 Å². The quantitative estimate of drug-likeness (QED) is 0.366. The third-order valence-electron chi connectivity index (χ3n) is 5.01. The number of aliphatic hydroxyl groups is 1. The zero-order valence-electron chi connectivity index (χ0n) is 18.2. The average Bonchev–Trinajstić information content (AvgIpc) is 3.36. The lowest BCUT2D eigenvalue weighted by molar-refractivity contribution is -0.207. The molecule has 0 fully saturated rings. The fourth-order valence-electron chi connectivity index (χ4n) is 3.32. The summed E-state index contributed by atoms with van der Waals surface area (Å²) in [5, 5.41) is 17.5. The largest absolute Gasteiger partial charge is 0.451 e. The molecule has 0 radical (unpaired) electrons. The maximum Gasteiger partial charge on any atom is 0.451 e. The average molecular weight is 551 g/mol. The SMILES string of the molecule is O=c1n(Cc2nc(C(F)(F)F)n(-c3cccc(F)c3)n2)nc(-c2ccc(Cl)cc2)n1CC(O)C(F)(F)F. The van der Waals surface area contributed by atoms with Crippen LogP contribution >= 0.6 is 11.6 Å². The number of hydrogen-bond acceptors (Lipinski definition) is 5. The highest BCUT2D eigenvalue weighted by molar-refractivity contribution is 6.30. The van der Waals surface area contributed by atoms with Crippen LogP contribution in [0.1, 0.15) is 11.6 Å². The molecule has 2 heterocycles. The molecule has 0 bridgehead atoms. The van der Waals surface area contributed by atoms with Crippen molar-refractivity contribution in [2.45, 2.75) is 31.5 Å². The Morgan fingerprint density at radius 1 is 1.00 bits per heavy atom. The minimum atomic E-state index is -5.06. The van der Waals surface area contributed by atoms with E-state index >= 15 is 0 Å². The van der Waals surface area contributed by atoms with E-state index < -0.39 is 54.7 Å². The molecular weight excluding hydrogens is 537 g/mol. The van der Waals surface area contributed by atoms with Crippen LogP contribution in [0.5, 0.6) is 0 Å². The van der Waals surface area contributed by atoms with E-state index in [1.54, 1.807) is 0 Å². The number of rotatable bonds is 6. The minimum absolute atomic E-state index is 0.142. The molecule has 4 rings (SSSR count). The van der Waals surface area contributed by atoms with Gasteiger partial charge in [-0.3, -0.25) is 4.57 Å². The summed E-state index contributed by atoms with van der Waals surface area (Å²) in [6, 6.07) is 9.55. The van der Waals surface area contributed by atoms with Crippen molar-refractivity contribution in [3.05, 3.63) is 81.5 Å². The number of aromatic nitrogens is 6. The molecular formula is C21H14ClF7N6O2. The van der Waals surface area contributed by atoms with Crippen LogP contribution in [-0.2, 0) is 19.3 Å². The molecule has 1 N–H and O–H groups in total. The van der Waals surface area contributed by atoms with Crippen LogP contribution in [0.4, 0.5) is 30.7 Å². The standard InChI is InChI=1S/C21H14ClF7N6O2/c22-12-6-4-11(5-7-12)17-32-34(19(37)33(17)9-15(36)20(24,25)26)10-16-30-18(21(27,28)29)35(31-16)14-3-1-2-13(23)8-14/h1-8,15,36H,9-10H2. The maximum absolute atomic E-state index is 13.6. The molecule has 1 unspecified atom stereocenters. The fraction of sp³-hybridized carbons (Fsp3) is 0.238. The summed E-state index contributed by atoms with van der Waals surface area (Å²) in [5.41, 5.74) is -1.34. The Hall–Kier alpha value is -3.72. The number of aliphatic hydroxyl groups excluding tert-OH is 1. The highest BCUT2D eigenvalue weighted by Crippen LogP contribution is 2.30. The molecule has 37 heavy (non-hydrogen) atoms. The van der Waals surface area contributed by atoms with Gasteiger partial charge in [-0.15, -0.1) is 10.2 Å². The molecule has 0 aliphatic carbocycles. The predicted octanol–water partition coefficient (Wildman–Crippen LogP) is 4.08. The summed E-state index contributed by atoms with van der Waals surface area (Å²) in [4.78, 5) is 16.3. The molecule has 0 saturated carbocycles. The van der Waals surface area contributed by atoms with Crippen LogP contribution in [0.25, 0.3) is 17.1 Å². The summed E-state index contributed by atoms with van der Waals surface area (Å²) < 4.78 is 94.8. The topological polar surface area (TPSA) is 90.8 Å². The molecule has 4 aromatic rings. The van der Waals surface area contributed by atoms with Gasteiger partial charge in [-0.05, 0) is 42.5 Å². The van der Waals surface area contributed by atoms with Crippen LogP contribution in [0.15, 0.2) is 53.3 Å². The summed E-state index contributed by atoms with van der Waals surface area (Å²) in [6.07, 6.45) is -13.0. The van der Waals surface area contributed by atoms with Gasteiger partial charge in [-0.2, -0.15) is 26.3 Å². The first-order chi connectivity index (χ1) is 17.2. The van der Waals surface area contributed by atoms with Crippen LogP contribution in [-0.4, -0.2) is 46.5 Å². The van der Waals surface area contributed by atoms with Crippen molar-refractivity contribution >= 4 is 11.6 Å². The Bertz CT molecular complexity index is 1470. The van der Waals surface area contributed by atoms with E-state index in [-0.39, 0.29) is 22.1 Å². The van der Waals surface area contributed by atoms with Crippen molar-refractivity contribution < 1.29 is 35.8 Å². The molecule has 0 aliphatic rings. The molecule has 2 aromatic heterocycles. The Morgan fingerprint density at radius 2 is 1.68 bits per heavy atom. The Balaban J connectivity index is 1.79. The van der Waals surface area contributed by atoms with E-state index in [1.165, 1.54) is 24.3 Å². The van der Waals surface area contributed by atoms with E-state index in [0.717, 1.165) is 24.3 Å². The number of alkyl halides is 6. The van der Waals surface area contributed by atoms with Crippen molar-refractivity contribution in [2.75, 3.05) is 0 Å². The van der Waals surface area contributed by atoms with Gasteiger partial charge in [0.25, 0.3) is 0 Å². The predicted molar refractivity (Wildman–Crippen MR) is 114 cm³/mol. The van der Waals surface area contributed by atoms with E-state index in [9.17, 15) is 40.6 Å². The second-order valence-electron chi connectivity index (χ2n) is 7.68. The number of benzene rings is 2. The fourth-order valence-corrected chi connectivity index (χ4v) is 3.45. The third-order valence-corrected chi connectivity index (χ3v) is 5.26. The molecule has 196 valence electrons. The van der Waals surface area contributed by atoms with Crippen molar-refractivity contribution in [1.82, 2.24) is 29.1 Å².